The van der Waals surface area contributed by atoms with Crippen molar-refractivity contribution in [1.29, 1.82) is 0 Å². The summed E-state index contributed by atoms with van der Waals surface area (Å²) in [6.45, 7) is 14.6. The molecule has 2 atom stereocenters. The molecule has 0 aromatic carbocycles. The summed E-state index contributed by atoms with van der Waals surface area (Å²) < 4.78 is 11.4. The second kappa shape index (κ2) is 9.95. The highest BCUT2D eigenvalue weighted by molar-refractivity contribution is 5.69. The van der Waals surface area contributed by atoms with Crippen LogP contribution in [0.15, 0.2) is 36.5 Å². The van der Waals surface area contributed by atoms with Gasteiger partial charge in [0.15, 0.2) is 0 Å². The number of alkyl carbamates (subject to hydrolysis) is 1. The lowest BCUT2D eigenvalue weighted by Gasteiger charge is -2.46. The Balaban J connectivity index is 1.99. The number of allylic oxidation sites excluding steroid dienone is 3. The van der Waals surface area contributed by atoms with Crippen LogP contribution >= 0.6 is 0 Å². The fourth-order valence-electron chi connectivity index (χ4n) is 3.37. The van der Waals surface area contributed by atoms with Gasteiger partial charge in [0.25, 0.3) is 0 Å². The summed E-state index contributed by atoms with van der Waals surface area (Å²) >= 11 is 0. The Morgan fingerprint density at radius 2 is 2.29 bits per heavy atom. The Kier molecular flexibility index (Phi) is 7.91. The van der Waals surface area contributed by atoms with E-state index >= 15 is 0 Å². The number of amides is 1. The van der Waals surface area contributed by atoms with E-state index in [1.165, 1.54) is 0 Å². The first-order chi connectivity index (χ1) is 13.2. The number of rotatable bonds is 7. The average Bonchev–Trinajstić information content (AvgIpc) is 2.92. The molecule has 0 spiro atoms. The standard InChI is InChI=1S/C23H34N2O3/c1-6-19(2)23(14-11-15-25(17-23)18-28-22(3,4)5)24-21(26)27-16-20-12-9-7-8-10-13-20/h6-7,9,12,19H,1,8,11,14-18H2,2-5H3,(H,24,26). The lowest BCUT2D eigenvalue weighted by atomic mass is 9.78. The van der Waals surface area contributed by atoms with E-state index in [0.717, 1.165) is 31.4 Å². The Morgan fingerprint density at radius 3 is 3.00 bits per heavy atom. The Bertz CT molecular complexity index is 678. The number of hydrogen-bond donors (Lipinski definition) is 1. The van der Waals surface area contributed by atoms with Crippen LogP contribution in [0.25, 0.3) is 0 Å². The van der Waals surface area contributed by atoms with Crippen LogP contribution in [0.4, 0.5) is 4.79 Å². The summed E-state index contributed by atoms with van der Waals surface area (Å²) in [5, 5.41) is 3.14. The molecule has 1 fully saturated rings. The zero-order chi connectivity index (χ0) is 20.6. The summed E-state index contributed by atoms with van der Waals surface area (Å²) in [5.74, 6) is 6.15. The molecule has 0 bridgehead atoms. The smallest absolute Gasteiger partial charge is 0.407 e. The lowest BCUT2D eigenvalue weighted by molar-refractivity contribution is -0.0806. The van der Waals surface area contributed by atoms with Crippen molar-refractivity contribution in [1.82, 2.24) is 10.2 Å². The van der Waals surface area contributed by atoms with Crippen LogP contribution in [-0.2, 0) is 9.47 Å². The van der Waals surface area contributed by atoms with Gasteiger partial charge in [0.2, 0.25) is 0 Å². The third-order valence-corrected chi connectivity index (χ3v) is 5.12. The van der Waals surface area contributed by atoms with E-state index < -0.39 is 11.6 Å². The summed E-state index contributed by atoms with van der Waals surface area (Å²) in [6.07, 6.45) is 9.87. The molecule has 2 rings (SSSR count). The Hall–Kier alpha value is -2.03. The third-order valence-electron chi connectivity index (χ3n) is 5.12. The monoisotopic (exact) mass is 386 g/mol. The van der Waals surface area contributed by atoms with Gasteiger partial charge in [0.1, 0.15) is 6.61 Å². The summed E-state index contributed by atoms with van der Waals surface area (Å²) in [7, 11) is 0. The van der Waals surface area contributed by atoms with Crippen LogP contribution in [-0.4, -0.2) is 48.6 Å². The topological polar surface area (TPSA) is 50.8 Å². The van der Waals surface area contributed by atoms with Gasteiger partial charge in [-0.15, -0.1) is 6.58 Å². The molecular weight excluding hydrogens is 352 g/mol. The molecule has 0 saturated carbocycles. The first-order valence-corrected chi connectivity index (χ1v) is 10.0. The number of likely N-dealkylation sites (tertiary alicyclic amines) is 1. The molecule has 1 aliphatic heterocycles. The van der Waals surface area contributed by atoms with E-state index in [1.54, 1.807) is 0 Å². The molecular formula is C23H34N2O3. The van der Waals surface area contributed by atoms with Crippen LogP contribution < -0.4 is 5.32 Å². The van der Waals surface area contributed by atoms with Crippen LogP contribution in [0.3, 0.4) is 0 Å². The minimum Gasteiger partial charge on any atom is -0.444 e. The summed E-state index contributed by atoms with van der Waals surface area (Å²) in [5.41, 5.74) is 0.193. The molecule has 28 heavy (non-hydrogen) atoms. The number of piperidine rings is 1. The highest BCUT2D eigenvalue weighted by Crippen LogP contribution is 2.30. The summed E-state index contributed by atoms with van der Waals surface area (Å²) in [6, 6.07) is 0. The van der Waals surface area contributed by atoms with Gasteiger partial charge in [0, 0.05) is 25.1 Å². The van der Waals surface area contributed by atoms with Crippen LogP contribution in [0, 0.1) is 17.8 Å². The highest BCUT2D eigenvalue weighted by Gasteiger charge is 2.41. The van der Waals surface area contributed by atoms with Crippen molar-refractivity contribution < 1.29 is 14.3 Å². The molecule has 1 amide bonds. The van der Waals surface area contributed by atoms with Gasteiger partial charge in [-0.2, -0.15) is 0 Å². The van der Waals surface area contributed by atoms with Gasteiger partial charge in [-0.1, -0.05) is 37.0 Å². The molecule has 0 aromatic heterocycles. The first-order valence-electron chi connectivity index (χ1n) is 10.0. The second-order valence-corrected chi connectivity index (χ2v) is 8.55. The van der Waals surface area contributed by atoms with E-state index in [9.17, 15) is 4.79 Å². The van der Waals surface area contributed by atoms with Gasteiger partial charge in [-0.25, -0.2) is 4.79 Å². The molecule has 1 saturated heterocycles. The van der Waals surface area contributed by atoms with Gasteiger partial charge in [-0.05, 0) is 45.6 Å². The van der Waals surface area contributed by atoms with Gasteiger partial charge >= 0.3 is 6.09 Å². The summed E-state index contributed by atoms with van der Waals surface area (Å²) in [4.78, 5) is 14.8. The van der Waals surface area contributed by atoms with E-state index in [4.69, 9.17) is 9.47 Å². The maximum Gasteiger partial charge on any atom is 0.407 e. The number of nitrogens with zero attached hydrogens (tertiary/aromatic N) is 1. The van der Waals surface area contributed by atoms with Crippen molar-refractivity contribution in [2.45, 2.75) is 58.1 Å². The van der Waals surface area contributed by atoms with Crippen LogP contribution in [0.1, 0.15) is 47.0 Å². The first kappa shape index (κ1) is 22.3. The minimum atomic E-state index is -0.415. The van der Waals surface area contributed by atoms with Crippen molar-refractivity contribution in [2.24, 2.45) is 5.92 Å². The van der Waals surface area contributed by atoms with Crippen LogP contribution in [0.2, 0.25) is 0 Å². The van der Waals surface area contributed by atoms with Crippen molar-refractivity contribution in [3.63, 3.8) is 0 Å². The molecule has 1 aliphatic carbocycles. The maximum atomic E-state index is 12.6. The molecule has 5 nitrogen and oxygen atoms in total. The number of carbonyl (C=O) groups is 1. The van der Waals surface area contributed by atoms with Gasteiger partial charge in [-0.3, -0.25) is 4.90 Å². The number of nitrogens with one attached hydrogen (secondary N) is 1. The molecule has 2 unspecified atom stereocenters. The fourth-order valence-corrected chi connectivity index (χ4v) is 3.37. The Morgan fingerprint density at radius 1 is 1.50 bits per heavy atom. The van der Waals surface area contributed by atoms with E-state index in [1.807, 2.05) is 45.1 Å². The van der Waals surface area contributed by atoms with Gasteiger partial charge in [0.05, 0.1) is 17.9 Å². The number of carbonyl (C=O) groups excluding carboxylic acids is 1. The predicted molar refractivity (Wildman–Crippen MR) is 113 cm³/mol. The van der Waals surface area contributed by atoms with Crippen molar-refractivity contribution >= 4 is 6.09 Å². The molecule has 2 aliphatic rings. The fraction of sp³-hybridized carbons (Fsp3) is 0.609. The third kappa shape index (κ3) is 6.85. The maximum absolute atomic E-state index is 12.6. The van der Waals surface area contributed by atoms with E-state index in [-0.39, 0.29) is 18.1 Å². The Labute approximate surface area is 169 Å². The van der Waals surface area contributed by atoms with Crippen LogP contribution in [0.5, 0.6) is 0 Å². The zero-order valence-electron chi connectivity index (χ0n) is 17.7. The number of ether oxygens (including phenoxy) is 2. The average molecular weight is 387 g/mol. The zero-order valence-corrected chi connectivity index (χ0v) is 17.7. The normalized spacial score (nSPS) is 23.6. The van der Waals surface area contributed by atoms with E-state index in [0.29, 0.717) is 13.3 Å². The van der Waals surface area contributed by atoms with E-state index in [2.05, 4.69) is 35.6 Å². The molecule has 0 radical (unpaired) electrons. The lowest BCUT2D eigenvalue weighted by Crippen LogP contribution is -2.62. The largest absolute Gasteiger partial charge is 0.444 e. The second-order valence-electron chi connectivity index (χ2n) is 8.55. The number of hydrogen-bond acceptors (Lipinski definition) is 4. The van der Waals surface area contributed by atoms with Crippen molar-refractivity contribution in [3.8, 4) is 11.8 Å². The van der Waals surface area contributed by atoms with Gasteiger partial charge < -0.3 is 14.8 Å². The van der Waals surface area contributed by atoms with Crippen molar-refractivity contribution in [2.75, 3.05) is 26.4 Å². The minimum absolute atomic E-state index is 0.109. The predicted octanol–water partition coefficient (Wildman–Crippen LogP) is 4.03. The molecule has 1 heterocycles. The molecule has 5 heteroatoms. The van der Waals surface area contributed by atoms with Crippen molar-refractivity contribution in [3.05, 3.63) is 36.5 Å². The molecule has 0 aromatic rings. The SMILES string of the molecule is C=CC(C)C1(NC(=O)OCC2=CC=CCC#C2)CCCN(COC(C)(C)C)C1. The molecule has 154 valence electrons. The molecule has 1 N–H and O–H groups in total. The quantitative estimate of drug-likeness (QED) is 0.530. The highest BCUT2D eigenvalue weighted by atomic mass is 16.5.